The van der Waals surface area contributed by atoms with Crippen molar-refractivity contribution in [1.82, 2.24) is 4.98 Å². The van der Waals surface area contributed by atoms with Crippen LogP contribution in [0.5, 0.6) is 0 Å². The highest BCUT2D eigenvalue weighted by molar-refractivity contribution is 5.93. The number of halogens is 2. The van der Waals surface area contributed by atoms with Gasteiger partial charge in [0.15, 0.2) is 5.69 Å². The predicted molar refractivity (Wildman–Crippen MR) is 50.0 cm³/mol. The zero-order chi connectivity index (χ0) is 12.3. The van der Waals surface area contributed by atoms with Gasteiger partial charge >= 0.3 is 5.97 Å². The normalized spacial score (nSPS) is 10.0. The Balaban J connectivity index is 3.53. The van der Waals surface area contributed by atoms with Gasteiger partial charge < -0.3 is 4.74 Å². The summed E-state index contributed by atoms with van der Waals surface area (Å²) >= 11 is 0. The minimum Gasteiger partial charge on any atom is -0.465 e. The Morgan fingerprint density at radius 2 is 2.25 bits per heavy atom. The molecule has 0 bridgehead atoms. The van der Waals surface area contributed by atoms with Gasteiger partial charge in [0.05, 0.1) is 7.11 Å². The number of carbonyl (C=O) groups excluding carboxylic acids is 1. The van der Waals surface area contributed by atoms with E-state index >= 15 is 0 Å². The highest BCUT2D eigenvalue weighted by atomic mass is 19.3. The van der Waals surface area contributed by atoms with Crippen molar-refractivity contribution in [3.8, 4) is 6.07 Å². The molecule has 0 aromatic carbocycles. The number of aromatic nitrogens is 1. The summed E-state index contributed by atoms with van der Waals surface area (Å²) < 4.78 is 29.7. The number of ether oxygens (including phenoxy) is 1. The number of nitrogens with zero attached hydrogens (tertiary/aromatic N) is 2. The third-order valence-corrected chi connectivity index (χ3v) is 1.91. The van der Waals surface area contributed by atoms with Crippen LogP contribution in [0.4, 0.5) is 8.78 Å². The van der Waals surface area contributed by atoms with E-state index in [1.807, 2.05) is 0 Å². The molecule has 0 spiro atoms. The number of rotatable bonds is 2. The number of nitriles is 1. The molecule has 0 unspecified atom stereocenters. The number of methoxy groups -OCH3 is 1. The summed E-state index contributed by atoms with van der Waals surface area (Å²) in [5, 5.41) is 8.73. The summed E-state index contributed by atoms with van der Waals surface area (Å²) in [5.74, 6) is -0.987. The first-order valence-electron chi connectivity index (χ1n) is 4.29. The number of esters is 1. The zero-order valence-corrected chi connectivity index (χ0v) is 8.62. The molecule has 84 valence electrons. The maximum atomic E-state index is 12.7. The maximum absolute atomic E-state index is 12.7. The molecule has 0 aliphatic carbocycles. The summed E-state index contributed by atoms with van der Waals surface area (Å²) in [6, 6.07) is 2.67. The number of alkyl halides is 2. The Hall–Kier alpha value is -2.03. The van der Waals surface area contributed by atoms with Gasteiger partial charge in [-0.1, -0.05) is 0 Å². The molecule has 0 fully saturated rings. The van der Waals surface area contributed by atoms with Crippen molar-refractivity contribution in [1.29, 1.82) is 5.26 Å². The maximum Gasteiger partial charge on any atom is 0.341 e. The van der Waals surface area contributed by atoms with Gasteiger partial charge in [-0.15, -0.1) is 0 Å². The minimum absolute atomic E-state index is 0.250. The molecule has 4 nitrogen and oxygen atoms in total. The molecule has 1 rings (SSSR count). The monoisotopic (exact) mass is 226 g/mol. The first-order valence-corrected chi connectivity index (χ1v) is 4.29. The second-order valence-electron chi connectivity index (χ2n) is 2.98. The summed E-state index contributed by atoms with van der Waals surface area (Å²) in [5.41, 5.74) is -1.09. The fourth-order valence-electron chi connectivity index (χ4n) is 1.27. The second kappa shape index (κ2) is 4.66. The summed E-state index contributed by atoms with van der Waals surface area (Å²) in [4.78, 5) is 15.0. The molecule has 0 aliphatic heterocycles. The molecule has 6 heteroatoms. The minimum atomic E-state index is -2.86. The van der Waals surface area contributed by atoms with Crippen LogP contribution in [0.3, 0.4) is 0 Å². The summed E-state index contributed by atoms with van der Waals surface area (Å²) in [6.07, 6.45) is -2.86. The van der Waals surface area contributed by atoms with Crippen molar-refractivity contribution in [2.45, 2.75) is 13.3 Å². The predicted octanol–water partition coefficient (Wildman–Crippen LogP) is 1.99. The van der Waals surface area contributed by atoms with Gasteiger partial charge in [0, 0.05) is 11.3 Å². The lowest BCUT2D eigenvalue weighted by Crippen LogP contribution is -2.11. The van der Waals surface area contributed by atoms with Gasteiger partial charge in [-0.25, -0.2) is 18.6 Å². The van der Waals surface area contributed by atoms with E-state index in [-0.39, 0.29) is 11.4 Å². The molecule has 0 atom stereocenters. The second-order valence-corrected chi connectivity index (χ2v) is 2.98. The summed E-state index contributed by atoms with van der Waals surface area (Å²) in [6.45, 7) is 1.47. The smallest absolute Gasteiger partial charge is 0.341 e. The molecular weight excluding hydrogens is 218 g/mol. The Kier molecular flexibility index (Phi) is 3.51. The van der Waals surface area contributed by atoms with E-state index in [0.717, 1.165) is 13.2 Å². The van der Waals surface area contributed by atoms with Crippen molar-refractivity contribution in [3.63, 3.8) is 0 Å². The molecule has 1 heterocycles. The number of carbonyl (C=O) groups is 1. The standard InChI is InChI=1S/C10H8F2N2O2/c1-5-3-6(9(11)12)8(10(15)16-2)7(4-13)14-5/h3,9H,1-2H3. The Bertz CT molecular complexity index is 467. The van der Waals surface area contributed by atoms with Crippen LogP contribution in [0.15, 0.2) is 6.07 Å². The molecule has 1 aromatic rings. The molecule has 0 saturated carbocycles. The first kappa shape index (κ1) is 12.0. The fourth-order valence-corrected chi connectivity index (χ4v) is 1.27. The van der Waals surface area contributed by atoms with Crippen LogP contribution in [-0.2, 0) is 4.74 Å². The van der Waals surface area contributed by atoms with Crippen molar-refractivity contribution < 1.29 is 18.3 Å². The molecule has 0 saturated heterocycles. The highest BCUT2D eigenvalue weighted by Gasteiger charge is 2.24. The molecule has 0 N–H and O–H groups in total. The lowest BCUT2D eigenvalue weighted by molar-refractivity contribution is 0.0588. The van der Waals surface area contributed by atoms with Crippen LogP contribution in [-0.4, -0.2) is 18.1 Å². The topological polar surface area (TPSA) is 63.0 Å². The van der Waals surface area contributed by atoms with E-state index in [9.17, 15) is 13.6 Å². The lowest BCUT2D eigenvalue weighted by atomic mass is 10.1. The van der Waals surface area contributed by atoms with Crippen molar-refractivity contribution in [3.05, 3.63) is 28.6 Å². The van der Waals surface area contributed by atoms with E-state index in [2.05, 4.69) is 9.72 Å². The van der Waals surface area contributed by atoms with E-state index in [0.29, 0.717) is 0 Å². The first-order chi connectivity index (χ1) is 7.51. The third kappa shape index (κ3) is 2.14. The number of pyridine rings is 1. The average Bonchev–Trinajstić information content (AvgIpc) is 2.26. The van der Waals surface area contributed by atoms with Gasteiger partial charge in [0.25, 0.3) is 6.43 Å². The molecular formula is C10H8F2N2O2. The average molecular weight is 226 g/mol. The Morgan fingerprint density at radius 3 is 2.69 bits per heavy atom. The number of hydrogen-bond donors (Lipinski definition) is 0. The Morgan fingerprint density at radius 1 is 1.62 bits per heavy atom. The quantitative estimate of drug-likeness (QED) is 0.723. The van der Waals surface area contributed by atoms with E-state index < -0.39 is 23.5 Å². The van der Waals surface area contributed by atoms with E-state index in [1.54, 1.807) is 6.07 Å². The van der Waals surface area contributed by atoms with E-state index in [4.69, 9.17) is 5.26 Å². The zero-order valence-electron chi connectivity index (χ0n) is 8.62. The van der Waals surface area contributed by atoms with Crippen LogP contribution in [0.1, 0.15) is 33.7 Å². The lowest BCUT2D eigenvalue weighted by Gasteiger charge is -2.09. The molecule has 0 aliphatic rings. The van der Waals surface area contributed by atoms with Crippen LogP contribution in [0, 0.1) is 18.3 Å². The van der Waals surface area contributed by atoms with Gasteiger partial charge in [-0.05, 0) is 13.0 Å². The van der Waals surface area contributed by atoms with Crippen LogP contribution < -0.4 is 0 Å². The fraction of sp³-hybridized carbons (Fsp3) is 0.300. The van der Waals surface area contributed by atoms with Crippen LogP contribution >= 0.6 is 0 Å². The van der Waals surface area contributed by atoms with Gasteiger partial charge in [0.2, 0.25) is 0 Å². The third-order valence-electron chi connectivity index (χ3n) is 1.91. The number of hydrogen-bond acceptors (Lipinski definition) is 4. The molecule has 0 amide bonds. The molecule has 1 aromatic heterocycles. The SMILES string of the molecule is COC(=O)c1c(C(F)F)cc(C)nc1C#N. The molecule has 16 heavy (non-hydrogen) atoms. The van der Waals surface area contributed by atoms with E-state index in [1.165, 1.54) is 6.92 Å². The van der Waals surface area contributed by atoms with Gasteiger partial charge in [-0.2, -0.15) is 5.26 Å². The van der Waals surface area contributed by atoms with Crippen molar-refractivity contribution in [2.75, 3.05) is 7.11 Å². The Labute approximate surface area is 90.5 Å². The van der Waals surface area contributed by atoms with Gasteiger partial charge in [0.1, 0.15) is 11.6 Å². The largest absolute Gasteiger partial charge is 0.465 e. The van der Waals surface area contributed by atoms with Crippen molar-refractivity contribution >= 4 is 5.97 Å². The number of aryl methyl sites for hydroxylation is 1. The summed E-state index contributed by atoms with van der Waals surface area (Å²) in [7, 11) is 1.05. The highest BCUT2D eigenvalue weighted by Crippen LogP contribution is 2.25. The van der Waals surface area contributed by atoms with Crippen LogP contribution in [0.25, 0.3) is 0 Å². The van der Waals surface area contributed by atoms with Crippen LogP contribution in [0.2, 0.25) is 0 Å². The van der Waals surface area contributed by atoms with Gasteiger partial charge in [-0.3, -0.25) is 0 Å². The van der Waals surface area contributed by atoms with Crippen molar-refractivity contribution in [2.24, 2.45) is 0 Å². The molecule has 0 radical (unpaired) electrons.